The Morgan fingerprint density at radius 3 is 2.50 bits per heavy atom. The van der Waals surface area contributed by atoms with Crippen LogP contribution in [-0.4, -0.2) is 40.0 Å². The first-order valence-corrected chi connectivity index (χ1v) is 5.91. The molecule has 12 heavy (non-hydrogen) atoms. The minimum atomic E-state index is -0.771. The van der Waals surface area contributed by atoms with Crippen molar-refractivity contribution < 1.29 is 9.32 Å². The number of aliphatic hydroxyl groups is 1. The van der Waals surface area contributed by atoms with Crippen molar-refractivity contribution in [1.29, 1.82) is 0 Å². The van der Waals surface area contributed by atoms with Crippen LogP contribution >= 0.6 is 0 Å². The van der Waals surface area contributed by atoms with Gasteiger partial charge in [-0.2, -0.15) is 0 Å². The lowest BCUT2D eigenvalue weighted by Gasteiger charge is -2.12. The maximum absolute atomic E-state index is 10.9. The van der Waals surface area contributed by atoms with E-state index in [4.69, 9.17) is 0 Å². The summed E-state index contributed by atoms with van der Waals surface area (Å²) >= 11 is 0. The normalized spacial score (nSPS) is 18.7. The van der Waals surface area contributed by atoms with E-state index in [-0.39, 0.29) is 11.4 Å². The SMILES string of the molecule is CCC(O)CNCC(C)S(C)=O. The highest BCUT2D eigenvalue weighted by Crippen LogP contribution is 1.91. The molecule has 0 spiro atoms. The molecule has 4 heteroatoms. The number of hydrogen-bond acceptors (Lipinski definition) is 3. The predicted octanol–water partition coefficient (Wildman–Crippen LogP) is 0.114. The number of aliphatic hydroxyl groups excluding tert-OH is 1. The van der Waals surface area contributed by atoms with Gasteiger partial charge in [-0.3, -0.25) is 4.21 Å². The molecule has 3 atom stereocenters. The molecule has 0 rings (SSSR count). The van der Waals surface area contributed by atoms with E-state index in [0.29, 0.717) is 13.1 Å². The van der Waals surface area contributed by atoms with Crippen molar-refractivity contribution in [2.75, 3.05) is 19.3 Å². The lowest BCUT2D eigenvalue weighted by Crippen LogP contribution is -2.33. The zero-order valence-electron chi connectivity index (χ0n) is 8.04. The van der Waals surface area contributed by atoms with Gasteiger partial charge in [0.1, 0.15) is 0 Å². The Labute approximate surface area is 77.0 Å². The van der Waals surface area contributed by atoms with Crippen LogP contribution in [0.15, 0.2) is 0 Å². The molecule has 0 amide bonds. The van der Waals surface area contributed by atoms with E-state index >= 15 is 0 Å². The number of rotatable bonds is 6. The molecule has 0 aromatic rings. The third-order valence-electron chi connectivity index (χ3n) is 1.85. The summed E-state index contributed by atoms with van der Waals surface area (Å²) in [4.78, 5) is 0. The van der Waals surface area contributed by atoms with E-state index in [2.05, 4.69) is 5.32 Å². The monoisotopic (exact) mass is 193 g/mol. The van der Waals surface area contributed by atoms with Gasteiger partial charge in [0.25, 0.3) is 0 Å². The highest BCUT2D eigenvalue weighted by Gasteiger charge is 2.06. The molecule has 3 unspecified atom stereocenters. The maximum Gasteiger partial charge on any atom is 0.0662 e. The average Bonchev–Trinajstić information content (AvgIpc) is 2.03. The Morgan fingerprint density at radius 1 is 1.50 bits per heavy atom. The maximum atomic E-state index is 10.9. The van der Waals surface area contributed by atoms with Crippen LogP contribution in [0.1, 0.15) is 20.3 Å². The molecule has 0 aromatic heterocycles. The summed E-state index contributed by atoms with van der Waals surface area (Å²) in [6.07, 6.45) is 2.18. The molecule has 2 N–H and O–H groups in total. The largest absolute Gasteiger partial charge is 0.392 e. The standard InChI is InChI=1S/C8H19NO2S/c1-4-8(10)6-9-5-7(2)12(3)11/h7-10H,4-6H2,1-3H3. The second-order valence-electron chi connectivity index (χ2n) is 3.03. The van der Waals surface area contributed by atoms with Crippen LogP contribution in [-0.2, 0) is 10.8 Å². The minimum absolute atomic E-state index is 0.161. The van der Waals surface area contributed by atoms with Crippen molar-refractivity contribution in [2.45, 2.75) is 31.6 Å². The number of hydrogen-bond donors (Lipinski definition) is 2. The summed E-state index contributed by atoms with van der Waals surface area (Å²) in [5, 5.41) is 12.4. The van der Waals surface area contributed by atoms with Gasteiger partial charge in [0.05, 0.1) is 6.10 Å². The fraction of sp³-hybridized carbons (Fsp3) is 1.00. The molecule has 0 aromatic carbocycles. The quantitative estimate of drug-likeness (QED) is 0.629. The summed E-state index contributed by atoms with van der Waals surface area (Å²) in [7, 11) is -0.771. The Balaban J connectivity index is 3.37. The molecule has 0 radical (unpaired) electrons. The van der Waals surface area contributed by atoms with Crippen molar-refractivity contribution in [2.24, 2.45) is 0 Å². The molecule has 0 heterocycles. The summed E-state index contributed by atoms with van der Waals surface area (Å²) in [6, 6.07) is 0. The first-order valence-electron chi connectivity index (χ1n) is 4.29. The highest BCUT2D eigenvalue weighted by molar-refractivity contribution is 7.84. The van der Waals surface area contributed by atoms with E-state index in [1.807, 2.05) is 13.8 Å². The van der Waals surface area contributed by atoms with Gasteiger partial charge in [0.15, 0.2) is 0 Å². The fourth-order valence-corrected chi connectivity index (χ4v) is 1.07. The molecule has 0 bridgehead atoms. The predicted molar refractivity (Wildman–Crippen MR) is 52.7 cm³/mol. The van der Waals surface area contributed by atoms with Crippen LogP contribution in [0.2, 0.25) is 0 Å². The lowest BCUT2D eigenvalue weighted by atomic mass is 10.3. The van der Waals surface area contributed by atoms with Gasteiger partial charge >= 0.3 is 0 Å². The third kappa shape index (κ3) is 5.69. The molecular formula is C8H19NO2S. The van der Waals surface area contributed by atoms with Gasteiger partial charge < -0.3 is 10.4 Å². The highest BCUT2D eigenvalue weighted by atomic mass is 32.2. The Morgan fingerprint density at radius 2 is 2.08 bits per heavy atom. The van der Waals surface area contributed by atoms with Crippen LogP contribution in [0.3, 0.4) is 0 Å². The molecule has 0 aliphatic carbocycles. The van der Waals surface area contributed by atoms with Crippen LogP contribution in [0, 0.1) is 0 Å². The van der Waals surface area contributed by atoms with Gasteiger partial charge in [-0.1, -0.05) is 6.92 Å². The van der Waals surface area contributed by atoms with Gasteiger partial charge in [0.2, 0.25) is 0 Å². The van der Waals surface area contributed by atoms with E-state index in [0.717, 1.165) is 6.42 Å². The zero-order chi connectivity index (χ0) is 9.56. The lowest BCUT2D eigenvalue weighted by molar-refractivity contribution is 0.168. The Hall–Kier alpha value is 0.0700. The average molecular weight is 193 g/mol. The zero-order valence-corrected chi connectivity index (χ0v) is 8.86. The molecule has 0 fully saturated rings. The summed E-state index contributed by atoms with van der Waals surface area (Å²) in [5.41, 5.74) is 0. The van der Waals surface area contributed by atoms with Gasteiger partial charge in [-0.05, 0) is 13.3 Å². The summed E-state index contributed by atoms with van der Waals surface area (Å²) in [6.45, 7) is 5.17. The van der Waals surface area contributed by atoms with Crippen molar-refractivity contribution >= 4 is 10.8 Å². The van der Waals surface area contributed by atoms with E-state index in [9.17, 15) is 9.32 Å². The second-order valence-corrected chi connectivity index (χ2v) is 4.83. The Kier molecular flexibility index (Phi) is 6.61. The van der Waals surface area contributed by atoms with Crippen molar-refractivity contribution in [3.8, 4) is 0 Å². The molecular weight excluding hydrogens is 174 g/mol. The molecule has 3 nitrogen and oxygen atoms in total. The molecule has 0 aliphatic rings. The van der Waals surface area contributed by atoms with E-state index in [1.54, 1.807) is 6.26 Å². The van der Waals surface area contributed by atoms with Crippen LogP contribution < -0.4 is 5.32 Å². The molecule has 0 aliphatic heterocycles. The Bertz CT molecular complexity index is 141. The van der Waals surface area contributed by atoms with Crippen molar-refractivity contribution in [3.63, 3.8) is 0 Å². The molecule has 0 saturated carbocycles. The molecule has 74 valence electrons. The van der Waals surface area contributed by atoms with Gasteiger partial charge in [-0.15, -0.1) is 0 Å². The van der Waals surface area contributed by atoms with Crippen LogP contribution in [0.5, 0.6) is 0 Å². The number of nitrogens with one attached hydrogen (secondary N) is 1. The van der Waals surface area contributed by atoms with Crippen molar-refractivity contribution in [1.82, 2.24) is 5.32 Å². The van der Waals surface area contributed by atoms with Gasteiger partial charge in [-0.25, -0.2) is 0 Å². The van der Waals surface area contributed by atoms with Gasteiger partial charge in [0, 0.05) is 35.4 Å². The minimum Gasteiger partial charge on any atom is -0.392 e. The third-order valence-corrected chi connectivity index (χ3v) is 3.15. The first kappa shape index (κ1) is 12.1. The summed E-state index contributed by atoms with van der Waals surface area (Å²) < 4.78 is 10.9. The smallest absolute Gasteiger partial charge is 0.0662 e. The molecule has 0 saturated heterocycles. The van der Waals surface area contributed by atoms with E-state index in [1.165, 1.54) is 0 Å². The van der Waals surface area contributed by atoms with Crippen molar-refractivity contribution in [3.05, 3.63) is 0 Å². The fourth-order valence-electron chi connectivity index (χ4n) is 0.715. The van der Waals surface area contributed by atoms with Crippen LogP contribution in [0.25, 0.3) is 0 Å². The summed E-state index contributed by atoms with van der Waals surface area (Å²) in [5.74, 6) is 0. The van der Waals surface area contributed by atoms with E-state index < -0.39 is 10.8 Å². The van der Waals surface area contributed by atoms with Crippen LogP contribution in [0.4, 0.5) is 0 Å². The second kappa shape index (κ2) is 6.57. The first-order chi connectivity index (χ1) is 5.57. The topological polar surface area (TPSA) is 49.3 Å².